The summed E-state index contributed by atoms with van der Waals surface area (Å²) in [7, 11) is 0. The number of fused-ring (bicyclic) bond motifs is 1. The number of hydrogen-bond acceptors (Lipinski definition) is 3. The minimum absolute atomic E-state index is 0.0269. The first-order valence-electron chi connectivity index (χ1n) is 7.80. The summed E-state index contributed by atoms with van der Waals surface area (Å²) in [6.07, 6.45) is 2.15. The van der Waals surface area contributed by atoms with Crippen molar-refractivity contribution >= 4 is 17.5 Å². The zero-order valence-electron chi connectivity index (χ0n) is 13.1. The van der Waals surface area contributed by atoms with Gasteiger partial charge in [-0.2, -0.15) is 0 Å². The molecule has 5 nitrogen and oxygen atoms in total. The normalized spacial score (nSPS) is 22.7. The summed E-state index contributed by atoms with van der Waals surface area (Å²) in [6.45, 7) is 5.15. The van der Waals surface area contributed by atoms with Crippen LogP contribution in [0.5, 0.6) is 0 Å². The van der Waals surface area contributed by atoms with Crippen LogP contribution < -0.4 is 10.2 Å². The van der Waals surface area contributed by atoms with Gasteiger partial charge in [-0.3, -0.25) is 9.59 Å². The van der Waals surface area contributed by atoms with Gasteiger partial charge in [-0.1, -0.05) is 18.2 Å². The molecule has 1 aromatic carbocycles. The molecular formula is C17H22N2O3. The highest BCUT2D eigenvalue weighted by atomic mass is 16.5. The summed E-state index contributed by atoms with van der Waals surface area (Å²) < 4.78 is 5.49. The van der Waals surface area contributed by atoms with Gasteiger partial charge in [0.05, 0.1) is 11.5 Å². The molecule has 2 aliphatic rings. The maximum atomic E-state index is 12.6. The molecule has 0 aliphatic carbocycles. The predicted molar refractivity (Wildman–Crippen MR) is 83.8 cm³/mol. The van der Waals surface area contributed by atoms with Crippen LogP contribution in [0.3, 0.4) is 0 Å². The van der Waals surface area contributed by atoms with Crippen molar-refractivity contribution in [1.82, 2.24) is 5.32 Å². The maximum absolute atomic E-state index is 12.6. The molecule has 1 fully saturated rings. The number of hydrogen-bond donors (Lipinski definition) is 1. The van der Waals surface area contributed by atoms with Crippen molar-refractivity contribution in [3.63, 3.8) is 0 Å². The van der Waals surface area contributed by atoms with Crippen molar-refractivity contribution < 1.29 is 14.3 Å². The molecule has 22 heavy (non-hydrogen) atoms. The smallest absolute Gasteiger partial charge is 0.240 e. The topological polar surface area (TPSA) is 58.6 Å². The van der Waals surface area contributed by atoms with Crippen LogP contribution in [0, 0.1) is 0 Å². The van der Waals surface area contributed by atoms with Gasteiger partial charge in [-0.25, -0.2) is 0 Å². The summed E-state index contributed by atoms with van der Waals surface area (Å²) in [5.74, 6) is -0.169. The molecule has 0 spiro atoms. The summed E-state index contributed by atoms with van der Waals surface area (Å²) in [4.78, 5) is 26.3. The summed E-state index contributed by atoms with van der Waals surface area (Å²) in [6, 6.07) is 7.67. The number of amides is 2. The van der Waals surface area contributed by atoms with Crippen molar-refractivity contribution in [3.8, 4) is 0 Å². The number of nitrogens with zero attached hydrogens (tertiary/aromatic N) is 1. The van der Waals surface area contributed by atoms with Crippen molar-refractivity contribution in [2.24, 2.45) is 0 Å². The van der Waals surface area contributed by atoms with Gasteiger partial charge in [0, 0.05) is 18.8 Å². The van der Waals surface area contributed by atoms with E-state index in [9.17, 15) is 9.59 Å². The molecule has 0 saturated carbocycles. The molecule has 3 rings (SSSR count). The zero-order chi connectivity index (χ0) is 15.7. The molecule has 2 aliphatic heterocycles. The van der Waals surface area contributed by atoms with E-state index in [-0.39, 0.29) is 24.5 Å². The molecule has 1 aromatic rings. The van der Waals surface area contributed by atoms with Gasteiger partial charge in [0.2, 0.25) is 11.8 Å². The minimum atomic E-state index is -0.578. The first-order valence-corrected chi connectivity index (χ1v) is 7.80. The predicted octanol–water partition coefficient (Wildman–Crippen LogP) is 1.61. The van der Waals surface area contributed by atoms with Crippen LogP contribution >= 0.6 is 0 Å². The maximum Gasteiger partial charge on any atom is 0.240 e. The zero-order valence-corrected chi connectivity index (χ0v) is 13.1. The number of ether oxygens (including phenoxy) is 1. The third-order valence-corrected chi connectivity index (χ3v) is 4.50. The lowest BCUT2D eigenvalue weighted by molar-refractivity contribution is -0.125. The fourth-order valence-corrected chi connectivity index (χ4v) is 3.19. The molecule has 2 amide bonds. The fourth-order valence-electron chi connectivity index (χ4n) is 3.19. The van der Waals surface area contributed by atoms with E-state index in [4.69, 9.17) is 4.74 Å². The Kier molecular flexibility index (Phi) is 3.91. The van der Waals surface area contributed by atoms with Crippen LogP contribution in [0.4, 0.5) is 5.69 Å². The Bertz CT molecular complexity index is 591. The number of carbonyl (C=O) groups excluding carboxylic acids is 2. The van der Waals surface area contributed by atoms with Gasteiger partial charge < -0.3 is 15.0 Å². The lowest BCUT2D eigenvalue weighted by atomic mass is 9.86. The van der Waals surface area contributed by atoms with E-state index in [1.165, 1.54) is 0 Å². The van der Waals surface area contributed by atoms with E-state index in [1.54, 1.807) is 4.90 Å². The Morgan fingerprint density at radius 1 is 1.41 bits per heavy atom. The molecule has 1 atom stereocenters. The van der Waals surface area contributed by atoms with Gasteiger partial charge in [0.15, 0.2) is 0 Å². The van der Waals surface area contributed by atoms with Gasteiger partial charge in [0.1, 0.15) is 6.54 Å². The second-order valence-electron chi connectivity index (χ2n) is 6.47. The van der Waals surface area contributed by atoms with E-state index in [0.29, 0.717) is 6.54 Å². The molecule has 0 radical (unpaired) electrons. The van der Waals surface area contributed by atoms with Gasteiger partial charge in [0.25, 0.3) is 0 Å². The van der Waals surface area contributed by atoms with Crippen LogP contribution in [-0.2, 0) is 19.7 Å². The van der Waals surface area contributed by atoms with Crippen LogP contribution in [0.1, 0.15) is 32.3 Å². The van der Waals surface area contributed by atoms with Gasteiger partial charge in [-0.15, -0.1) is 0 Å². The van der Waals surface area contributed by atoms with Crippen LogP contribution in [0.25, 0.3) is 0 Å². The van der Waals surface area contributed by atoms with Gasteiger partial charge >= 0.3 is 0 Å². The Morgan fingerprint density at radius 2 is 2.18 bits per heavy atom. The quantitative estimate of drug-likeness (QED) is 0.919. The molecule has 2 heterocycles. The molecule has 0 aromatic heterocycles. The van der Waals surface area contributed by atoms with E-state index in [0.717, 1.165) is 30.7 Å². The number of para-hydroxylation sites is 1. The summed E-state index contributed by atoms with van der Waals surface area (Å²) in [5, 5.41) is 2.87. The Hall–Kier alpha value is -1.88. The molecule has 1 N–H and O–H groups in total. The van der Waals surface area contributed by atoms with E-state index >= 15 is 0 Å². The highest BCUT2D eigenvalue weighted by Crippen LogP contribution is 2.40. The molecule has 0 unspecified atom stereocenters. The second-order valence-corrected chi connectivity index (χ2v) is 6.47. The number of carbonyl (C=O) groups is 2. The molecule has 5 heteroatoms. The van der Waals surface area contributed by atoms with Crippen LogP contribution in [0.2, 0.25) is 0 Å². The largest absolute Gasteiger partial charge is 0.376 e. The second kappa shape index (κ2) is 5.72. The Morgan fingerprint density at radius 3 is 2.91 bits per heavy atom. The minimum Gasteiger partial charge on any atom is -0.376 e. The standard InChI is InChI=1S/C17H22N2O3/c1-17(2)13-7-3-4-8-14(13)19(16(17)21)11-15(20)18-10-12-6-5-9-22-12/h3-4,7-8,12H,5-6,9-11H2,1-2H3,(H,18,20)/t12-/m1/s1. The van der Waals surface area contributed by atoms with Crippen molar-refractivity contribution in [1.29, 1.82) is 0 Å². The lowest BCUT2D eigenvalue weighted by Crippen LogP contribution is -2.44. The monoisotopic (exact) mass is 302 g/mol. The fraction of sp³-hybridized carbons (Fsp3) is 0.529. The average molecular weight is 302 g/mol. The number of nitrogens with one attached hydrogen (secondary N) is 1. The molecule has 0 bridgehead atoms. The number of rotatable bonds is 4. The van der Waals surface area contributed by atoms with E-state index < -0.39 is 5.41 Å². The molecule has 118 valence electrons. The first kappa shape index (κ1) is 15.0. The third kappa shape index (κ3) is 2.61. The highest BCUT2D eigenvalue weighted by molar-refractivity contribution is 6.10. The van der Waals surface area contributed by atoms with Crippen LogP contribution in [0.15, 0.2) is 24.3 Å². The van der Waals surface area contributed by atoms with Crippen molar-refractivity contribution in [2.45, 2.75) is 38.2 Å². The summed E-state index contributed by atoms with van der Waals surface area (Å²) in [5.41, 5.74) is 1.24. The number of anilines is 1. The first-order chi connectivity index (χ1) is 10.5. The number of benzene rings is 1. The third-order valence-electron chi connectivity index (χ3n) is 4.50. The van der Waals surface area contributed by atoms with Crippen LogP contribution in [-0.4, -0.2) is 37.6 Å². The van der Waals surface area contributed by atoms with E-state index in [2.05, 4.69) is 5.32 Å². The van der Waals surface area contributed by atoms with Crippen molar-refractivity contribution in [3.05, 3.63) is 29.8 Å². The van der Waals surface area contributed by atoms with E-state index in [1.807, 2.05) is 38.1 Å². The average Bonchev–Trinajstić information content (AvgIpc) is 3.08. The SMILES string of the molecule is CC1(C)C(=O)N(CC(=O)NC[C@H]2CCCO2)c2ccccc21. The Labute approximate surface area is 130 Å². The lowest BCUT2D eigenvalue weighted by Gasteiger charge is -2.20. The highest BCUT2D eigenvalue weighted by Gasteiger charge is 2.44. The summed E-state index contributed by atoms with van der Waals surface area (Å²) >= 11 is 0. The van der Waals surface area contributed by atoms with Crippen molar-refractivity contribution in [2.75, 3.05) is 24.6 Å². The van der Waals surface area contributed by atoms with Gasteiger partial charge in [-0.05, 0) is 38.3 Å². The molecular weight excluding hydrogens is 280 g/mol. The Balaban J connectivity index is 1.67. The molecule has 1 saturated heterocycles.